The molecular weight excluding hydrogens is 198 g/mol. The summed E-state index contributed by atoms with van der Waals surface area (Å²) in [5.41, 5.74) is 8.05. The van der Waals surface area contributed by atoms with Crippen LogP contribution < -0.4 is 5.73 Å². The van der Waals surface area contributed by atoms with Gasteiger partial charge in [0.1, 0.15) is 0 Å². The van der Waals surface area contributed by atoms with Crippen LogP contribution in [0.3, 0.4) is 0 Å². The summed E-state index contributed by atoms with van der Waals surface area (Å²) in [6.45, 7) is 5.05. The van der Waals surface area contributed by atoms with Crippen LogP contribution in [0, 0.1) is 0 Å². The van der Waals surface area contributed by atoms with Crippen molar-refractivity contribution in [2.75, 3.05) is 6.54 Å². The third-order valence-corrected chi connectivity index (χ3v) is 3.52. The normalized spacial score (nSPS) is 21.5. The summed E-state index contributed by atoms with van der Waals surface area (Å²) in [6, 6.07) is 4.91. The van der Waals surface area contributed by atoms with E-state index in [1.807, 2.05) is 12.3 Å². The zero-order chi connectivity index (χ0) is 11.4. The molecule has 1 aliphatic heterocycles. The molecule has 0 radical (unpaired) electrons. The number of rotatable bonds is 4. The number of hydrogen-bond donors (Lipinski definition) is 1. The molecule has 2 heterocycles. The molecule has 2 N–H and O–H groups in total. The Morgan fingerprint density at radius 3 is 3.19 bits per heavy atom. The molecule has 0 spiro atoms. The lowest BCUT2D eigenvalue weighted by atomic mass is 10.1. The number of nitrogens with two attached hydrogens (primary N) is 1. The second-order valence-corrected chi connectivity index (χ2v) is 4.49. The molecule has 1 unspecified atom stereocenters. The minimum atomic E-state index is 0.542. The highest BCUT2D eigenvalue weighted by Crippen LogP contribution is 2.22. The molecule has 0 saturated carbocycles. The zero-order valence-electron chi connectivity index (χ0n) is 10.0. The summed E-state index contributed by atoms with van der Waals surface area (Å²) < 4.78 is 0. The predicted octanol–water partition coefficient (Wildman–Crippen LogP) is 1.91. The van der Waals surface area contributed by atoms with Gasteiger partial charge >= 0.3 is 0 Å². The van der Waals surface area contributed by atoms with E-state index in [9.17, 15) is 0 Å². The largest absolute Gasteiger partial charge is 0.325 e. The van der Waals surface area contributed by atoms with E-state index in [-0.39, 0.29) is 0 Å². The van der Waals surface area contributed by atoms with Gasteiger partial charge < -0.3 is 5.73 Å². The van der Waals surface area contributed by atoms with Crippen LogP contribution in [0.15, 0.2) is 18.3 Å². The Kier molecular flexibility index (Phi) is 3.91. The monoisotopic (exact) mass is 219 g/mol. The first kappa shape index (κ1) is 11.6. The highest BCUT2D eigenvalue weighted by atomic mass is 15.2. The molecule has 16 heavy (non-hydrogen) atoms. The van der Waals surface area contributed by atoms with Crippen LogP contribution in [-0.2, 0) is 13.1 Å². The van der Waals surface area contributed by atoms with E-state index in [0.29, 0.717) is 6.54 Å². The van der Waals surface area contributed by atoms with Crippen LogP contribution in [0.5, 0.6) is 0 Å². The number of nitrogens with zero attached hydrogens (tertiary/aromatic N) is 2. The van der Waals surface area contributed by atoms with Crippen LogP contribution in [0.2, 0.25) is 0 Å². The van der Waals surface area contributed by atoms with Gasteiger partial charge in [-0.25, -0.2) is 0 Å². The maximum atomic E-state index is 5.71. The lowest BCUT2D eigenvalue weighted by Crippen LogP contribution is -2.29. The molecule has 1 aromatic rings. The Bertz CT molecular complexity index is 338. The van der Waals surface area contributed by atoms with Gasteiger partial charge in [0.2, 0.25) is 0 Å². The van der Waals surface area contributed by atoms with Crippen molar-refractivity contribution in [3.05, 3.63) is 29.6 Å². The van der Waals surface area contributed by atoms with E-state index in [4.69, 9.17) is 5.73 Å². The maximum Gasteiger partial charge on any atom is 0.0584 e. The predicted molar refractivity (Wildman–Crippen MR) is 65.9 cm³/mol. The Balaban J connectivity index is 2.08. The zero-order valence-corrected chi connectivity index (χ0v) is 10.0. The summed E-state index contributed by atoms with van der Waals surface area (Å²) in [7, 11) is 0. The van der Waals surface area contributed by atoms with Crippen molar-refractivity contribution in [1.82, 2.24) is 9.88 Å². The molecule has 1 aromatic heterocycles. The Morgan fingerprint density at radius 2 is 2.44 bits per heavy atom. The molecule has 1 saturated heterocycles. The summed E-state index contributed by atoms with van der Waals surface area (Å²) >= 11 is 0. The van der Waals surface area contributed by atoms with Gasteiger partial charge in [0.25, 0.3) is 0 Å². The minimum absolute atomic E-state index is 0.542. The van der Waals surface area contributed by atoms with E-state index in [2.05, 4.69) is 22.9 Å². The quantitative estimate of drug-likeness (QED) is 0.841. The lowest BCUT2D eigenvalue weighted by molar-refractivity contribution is 0.239. The molecule has 0 aliphatic carbocycles. The first-order valence-corrected chi connectivity index (χ1v) is 6.22. The van der Waals surface area contributed by atoms with Crippen molar-refractivity contribution in [2.45, 2.75) is 45.3 Å². The summed E-state index contributed by atoms with van der Waals surface area (Å²) in [4.78, 5) is 6.90. The first-order chi connectivity index (χ1) is 7.85. The first-order valence-electron chi connectivity index (χ1n) is 6.22. The van der Waals surface area contributed by atoms with E-state index in [1.165, 1.54) is 31.4 Å². The average Bonchev–Trinajstić information content (AvgIpc) is 2.77. The Hall–Kier alpha value is -0.930. The third kappa shape index (κ3) is 2.42. The number of hydrogen-bond acceptors (Lipinski definition) is 3. The molecule has 0 bridgehead atoms. The molecule has 1 aliphatic rings. The van der Waals surface area contributed by atoms with Gasteiger partial charge in [-0.05, 0) is 37.4 Å². The highest BCUT2D eigenvalue weighted by molar-refractivity contribution is 5.19. The fourth-order valence-corrected chi connectivity index (χ4v) is 2.58. The molecule has 0 amide bonds. The average molecular weight is 219 g/mol. The van der Waals surface area contributed by atoms with Gasteiger partial charge in [-0.1, -0.05) is 13.0 Å². The molecule has 1 fully saturated rings. The van der Waals surface area contributed by atoms with E-state index >= 15 is 0 Å². The van der Waals surface area contributed by atoms with Crippen LogP contribution in [0.25, 0.3) is 0 Å². The Labute approximate surface area is 97.7 Å². The van der Waals surface area contributed by atoms with E-state index < -0.39 is 0 Å². The molecular formula is C13H21N3. The standard InChI is InChI=1S/C13H21N3/c1-2-12-6-4-8-16(12)10-11-5-3-7-15-13(11)9-14/h3,5,7,12H,2,4,6,8-10,14H2,1H3. The smallest absolute Gasteiger partial charge is 0.0584 e. The molecule has 1 atom stereocenters. The van der Waals surface area contributed by atoms with Crippen molar-refractivity contribution in [3.63, 3.8) is 0 Å². The van der Waals surface area contributed by atoms with Gasteiger partial charge in [-0.15, -0.1) is 0 Å². The second kappa shape index (κ2) is 5.41. The van der Waals surface area contributed by atoms with Crippen molar-refractivity contribution in [1.29, 1.82) is 0 Å². The molecule has 3 heteroatoms. The number of aromatic nitrogens is 1. The SMILES string of the molecule is CCC1CCCN1Cc1cccnc1CN. The van der Waals surface area contributed by atoms with E-state index in [0.717, 1.165) is 18.3 Å². The van der Waals surface area contributed by atoms with Gasteiger partial charge in [0.05, 0.1) is 5.69 Å². The van der Waals surface area contributed by atoms with Crippen LogP contribution in [-0.4, -0.2) is 22.5 Å². The van der Waals surface area contributed by atoms with Gasteiger partial charge in [0, 0.05) is 25.3 Å². The molecule has 0 aromatic carbocycles. The van der Waals surface area contributed by atoms with Crippen molar-refractivity contribution in [3.8, 4) is 0 Å². The topological polar surface area (TPSA) is 42.2 Å². The van der Waals surface area contributed by atoms with Crippen LogP contribution in [0.4, 0.5) is 0 Å². The summed E-state index contributed by atoms with van der Waals surface area (Å²) in [5, 5.41) is 0. The van der Waals surface area contributed by atoms with Gasteiger partial charge in [-0.2, -0.15) is 0 Å². The fraction of sp³-hybridized carbons (Fsp3) is 0.615. The van der Waals surface area contributed by atoms with Crippen LogP contribution >= 0.6 is 0 Å². The fourth-order valence-electron chi connectivity index (χ4n) is 2.58. The van der Waals surface area contributed by atoms with Crippen molar-refractivity contribution in [2.24, 2.45) is 5.73 Å². The van der Waals surface area contributed by atoms with Gasteiger partial charge in [-0.3, -0.25) is 9.88 Å². The highest BCUT2D eigenvalue weighted by Gasteiger charge is 2.23. The van der Waals surface area contributed by atoms with Crippen molar-refractivity contribution < 1.29 is 0 Å². The minimum Gasteiger partial charge on any atom is -0.325 e. The van der Waals surface area contributed by atoms with Gasteiger partial charge in [0.15, 0.2) is 0 Å². The molecule has 88 valence electrons. The third-order valence-electron chi connectivity index (χ3n) is 3.52. The second-order valence-electron chi connectivity index (χ2n) is 4.49. The van der Waals surface area contributed by atoms with Crippen molar-refractivity contribution >= 4 is 0 Å². The molecule has 3 nitrogen and oxygen atoms in total. The molecule has 2 rings (SSSR count). The summed E-state index contributed by atoms with van der Waals surface area (Å²) in [6.07, 6.45) is 5.75. The maximum absolute atomic E-state index is 5.71. The number of likely N-dealkylation sites (tertiary alicyclic amines) is 1. The number of pyridine rings is 1. The Morgan fingerprint density at radius 1 is 1.56 bits per heavy atom. The van der Waals surface area contributed by atoms with Crippen LogP contribution in [0.1, 0.15) is 37.4 Å². The van der Waals surface area contributed by atoms with E-state index in [1.54, 1.807) is 0 Å². The lowest BCUT2D eigenvalue weighted by Gasteiger charge is -2.24. The summed E-state index contributed by atoms with van der Waals surface area (Å²) in [5.74, 6) is 0.